The quantitative estimate of drug-likeness (QED) is 0.681. The van der Waals surface area contributed by atoms with Crippen LogP contribution in [-0.4, -0.2) is 7.85 Å². The molecule has 1 unspecified atom stereocenters. The molecule has 2 aromatic carbocycles. The van der Waals surface area contributed by atoms with Crippen LogP contribution in [-0.2, 0) is 5.31 Å². The summed E-state index contributed by atoms with van der Waals surface area (Å²) < 4.78 is 0. The van der Waals surface area contributed by atoms with Crippen molar-refractivity contribution < 1.29 is 0 Å². The molecular weight excluding hydrogens is 227 g/mol. The van der Waals surface area contributed by atoms with E-state index in [0.717, 1.165) is 12.8 Å². The Balaban J connectivity index is 2.44. The fourth-order valence-corrected chi connectivity index (χ4v) is 2.57. The van der Waals surface area contributed by atoms with Crippen molar-refractivity contribution in [3.63, 3.8) is 0 Å². The molecule has 1 atom stereocenters. The van der Waals surface area contributed by atoms with E-state index in [1.165, 1.54) is 11.1 Å². The van der Waals surface area contributed by atoms with Gasteiger partial charge in [0.05, 0.1) is 7.85 Å². The molecule has 96 valence electrons. The Bertz CT molecular complexity index is 450. The molecule has 0 fully saturated rings. The van der Waals surface area contributed by atoms with Gasteiger partial charge in [0.15, 0.2) is 0 Å². The van der Waals surface area contributed by atoms with Crippen molar-refractivity contribution in [1.82, 2.24) is 0 Å². The molecule has 2 radical (unpaired) electrons. The molecule has 0 aliphatic heterocycles. The van der Waals surface area contributed by atoms with Gasteiger partial charge in [0, 0.05) is 0 Å². The van der Waals surface area contributed by atoms with Crippen LogP contribution in [0.25, 0.3) is 0 Å². The molecule has 0 aromatic heterocycles. The zero-order valence-corrected chi connectivity index (χ0v) is 11.8. The lowest BCUT2D eigenvalue weighted by Crippen LogP contribution is -2.30. The summed E-state index contributed by atoms with van der Waals surface area (Å²) in [6.07, 6.45) is 2.12. The van der Waals surface area contributed by atoms with E-state index >= 15 is 0 Å². The zero-order chi connectivity index (χ0) is 13.7. The van der Waals surface area contributed by atoms with Gasteiger partial charge in [0.25, 0.3) is 0 Å². The first kappa shape index (κ1) is 13.9. The molecule has 1 heteroatoms. The van der Waals surface area contributed by atoms with Crippen molar-refractivity contribution in [1.29, 1.82) is 0 Å². The average molecular weight is 248 g/mol. The predicted molar refractivity (Wildman–Crippen MR) is 83.5 cm³/mol. The van der Waals surface area contributed by atoms with Crippen LogP contribution in [0, 0.1) is 5.92 Å². The van der Waals surface area contributed by atoms with Crippen LogP contribution < -0.4 is 0 Å². The van der Waals surface area contributed by atoms with Crippen LogP contribution in [0.15, 0.2) is 60.7 Å². The molecule has 0 saturated carbocycles. The molecule has 0 bridgehead atoms. The van der Waals surface area contributed by atoms with E-state index in [1.807, 2.05) is 12.1 Å². The first-order valence-corrected chi connectivity index (χ1v) is 7.06. The van der Waals surface area contributed by atoms with E-state index in [1.54, 1.807) is 0 Å². The van der Waals surface area contributed by atoms with Gasteiger partial charge in [-0.3, -0.25) is 0 Å². The number of rotatable bonds is 5. The average Bonchev–Trinajstić information content (AvgIpc) is 2.48. The van der Waals surface area contributed by atoms with Gasteiger partial charge in [-0.05, 0) is 28.8 Å². The van der Waals surface area contributed by atoms with Crippen molar-refractivity contribution in [3.05, 3.63) is 71.8 Å². The van der Waals surface area contributed by atoms with Crippen LogP contribution in [0.1, 0.15) is 37.8 Å². The van der Waals surface area contributed by atoms with Gasteiger partial charge in [-0.2, -0.15) is 0 Å². The first-order chi connectivity index (χ1) is 9.16. The maximum Gasteiger partial charge on any atom is 0.0875 e. The number of benzene rings is 2. The summed E-state index contributed by atoms with van der Waals surface area (Å²) >= 11 is 0. The fourth-order valence-electron chi connectivity index (χ4n) is 2.57. The van der Waals surface area contributed by atoms with Crippen LogP contribution in [0.5, 0.6) is 0 Å². The van der Waals surface area contributed by atoms with E-state index in [4.69, 9.17) is 7.85 Å². The maximum absolute atomic E-state index is 6.82. The van der Waals surface area contributed by atoms with Gasteiger partial charge in [0.2, 0.25) is 0 Å². The van der Waals surface area contributed by atoms with Crippen molar-refractivity contribution in [2.45, 2.75) is 32.0 Å². The Hall–Kier alpha value is -1.50. The third kappa shape index (κ3) is 3.09. The van der Waals surface area contributed by atoms with E-state index in [0.29, 0.717) is 5.92 Å². The second-order valence-electron chi connectivity index (χ2n) is 5.42. The van der Waals surface area contributed by atoms with Crippen LogP contribution in [0.2, 0.25) is 0 Å². The lowest BCUT2D eigenvalue weighted by atomic mass is 9.56. The highest BCUT2D eigenvalue weighted by Gasteiger charge is 2.29. The molecule has 0 amide bonds. The molecule has 2 rings (SSSR count). The summed E-state index contributed by atoms with van der Waals surface area (Å²) in [5.74, 6) is 0.602. The summed E-state index contributed by atoms with van der Waals surface area (Å²) in [6.45, 7) is 4.49. The summed E-state index contributed by atoms with van der Waals surface area (Å²) in [5.41, 5.74) is 2.39. The maximum atomic E-state index is 6.82. The van der Waals surface area contributed by atoms with Crippen molar-refractivity contribution in [2.75, 3.05) is 0 Å². The van der Waals surface area contributed by atoms with Gasteiger partial charge in [0.1, 0.15) is 0 Å². The van der Waals surface area contributed by atoms with Crippen molar-refractivity contribution >= 4 is 7.85 Å². The Kier molecular flexibility index (Phi) is 4.47. The van der Waals surface area contributed by atoms with Gasteiger partial charge in [-0.1, -0.05) is 80.9 Å². The van der Waals surface area contributed by atoms with Gasteiger partial charge >= 0.3 is 0 Å². The summed E-state index contributed by atoms with van der Waals surface area (Å²) in [5, 5.41) is -0.391. The highest BCUT2D eigenvalue weighted by molar-refractivity contribution is 6.18. The smallest absolute Gasteiger partial charge is 0.0651 e. The Labute approximate surface area is 118 Å². The van der Waals surface area contributed by atoms with Crippen molar-refractivity contribution in [3.8, 4) is 0 Å². The first-order valence-electron chi connectivity index (χ1n) is 7.06. The molecule has 0 spiro atoms. The lowest BCUT2D eigenvalue weighted by Gasteiger charge is -2.34. The normalized spacial score (nSPS) is 13.2. The van der Waals surface area contributed by atoms with Crippen LogP contribution in [0.4, 0.5) is 0 Å². The van der Waals surface area contributed by atoms with Gasteiger partial charge in [-0.15, -0.1) is 0 Å². The molecule has 2 aromatic rings. The molecule has 0 saturated heterocycles. The number of hydrogen-bond donors (Lipinski definition) is 0. The molecule has 19 heavy (non-hydrogen) atoms. The van der Waals surface area contributed by atoms with Crippen molar-refractivity contribution in [2.24, 2.45) is 5.92 Å². The third-order valence-corrected chi connectivity index (χ3v) is 3.95. The van der Waals surface area contributed by atoms with E-state index in [2.05, 4.69) is 62.4 Å². The summed E-state index contributed by atoms with van der Waals surface area (Å²) in [7, 11) is 6.82. The second kappa shape index (κ2) is 6.10. The van der Waals surface area contributed by atoms with Gasteiger partial charge < -0.3 is 0 Å². The number of hydrogen-bond acceptors (Lipinski definition) is 0. The summed E-state index contributed by atoms with van der Waals surface area (Å²) in [4.78, 5) is 0. The van der Waals surface area contributed by atoms with Crippen LogP contribution >= 0.6 is 0 Å². The molecule has 0 N–H and O–H groups in total. The fraction of sp³-hybridized carbons (Fsp3) is 0.333. The van der Waals surface area contributed by atoms with E-state index < -0.39 is 5.31 Å². The minimum Gasteiger partial charge on any atom is -0.0651 e. The minimum absolute atomic E-state index is 0.391. The molecule has 0 heterocycles. The topological polar surface area (TPSA) is 0 Å². The SMILES string of the molecule is [B]C(CC(C)CC)(c1ccccc1)c1ccccc1. The Morgan fingerprint density at radius 2 is 1.32 bits per heavy atom. The Morgan fingerprint density at radius 3 is 1.68 bits per heavy atom. The highest BCUT2D eigenvalue weighted by Crippen LogP contribution is 2.35. The lowest BCUT2D eigenvalue weighted by molar-refractivity contribution is 0.456. The molecular formula is C18H21B. The molecule has 0 aliphatic carbocycles. The van der Waals surface area contributed by atoms with E-state index in [-0.39, 0.29) is 0 Å². The second-order valence-corrected chi connectivity index (χ2v) is 5.42. The predicted octanol–water partition coefficient (Wildman–Crippen LogP) is 4.53. The van der Waals surface area contributed by atoms with E-state index in [9.17, 15) is 0 Å². The largest absolute Gasteiger partial charge is 0.0875 e. The molecule has 0 nitrogen and oxygen atoms in total. The minimum atomic E-state index is -0.391. The third-order valence-electron chi connectivity index (χ3n) is 3.95. The van der Waals surface area contributed by atoms with Crippen LogP contribution in [0.3, 0.4) is 0 Å². The Morgan fingerprint density at radius 1 is 0.895 bits per heavy atom. The summed E-state index contributed by atoms with van der Waals surface area (Å²) in [6, 6.07) is 20.9. The zero-order valence-electron chi connectivity index (χ0n) is 11.8. The molecule has 0 aliphatic rings. The highest BCUT2D eigenvalue weighted by atomic mass is 14.3. The monoisotopic (exact) mass is 248 g/mol. The van der Waals surface area contributed by atoms with Gasteiger partial charge in [-0.25, -0.2) is 0 Å². The standard InChI is InChI=1S/C18H21B/c1-3-15(2)14-18(19,16-10-6-4-7-11-16)17-12-8-5-9-13-17/h4-13,15H,3,14H2,1-2H3.